The average molecular weight is 371 g/mol. The minimum absolute atomic E-state index is 0.108. The van der Waals surface area contributed by atoms with E-state index in [1.165, 1.54) is 12.1 Å². The maximum atomic E-state index is 13.0. The molecule has 0 aliphatic rings. The van der Waals surface area contributed by atoms with E-state index in [0.717, 1.165) is 22.4 Å². The molecule has 2 aromatic rings. The molecule has 0 unspecified atom stereocenters. The third-order valence-corrected chi connectivity index (χ3v) is 4.43. The quantitative estimate of drug-likeness (QED) is 0.700. The van der Waals surface area contributed by atoms with Gasteiger partial charge in [0.05, 0.1) is 12.6 Å². The Balaban J connectivity index is 1.83. The molecule has 0 radical (unpaired) electrons. The molecule has 0 aromatic heterocycles. The van der Waals surface area contributed by atoms with E-state index < -0.39 is 6.04 Å². The molecule has 2 atom stereocenters. The molecular formula is C21H26FN3O2. The molecule has 0 bridgehead atoms. The third kappa shape index (κ3) is 5.89. The monoisotopic (exact) mass is 371 g/mol. The first-order chi connectivity index (χ1) is 12.8. The van der Waals surface area contributed by atoms with Gasteiger partial charge in [-0.3, -0.25) is 14.9 Å². The van der Waals surface area contributed by atoms with Crippen LogP contribution in [0.1, 0.15) is 36.6 Å². The van der Waals surface area contributed by atoms with Gasteiger partial charge in [0.15, 0.2) is 0 Å². The standard InChI is InChI=1S/C21H26FN3O2/c1-13-6-5-7-14(2)20(13)25-19(26)12-23-21(27)16(4)24-15(3)17-8-10-18(22)11-9-17/h5-11,15-16,24H,12H2,1-4H3,(H,23,27)(H,25,26)/t15-,16-/m0/s1. The van der Waals surface area contributed by atoms with Crippen molar-refractivity contribution in [3.05, 3.63) is 65.0 Å². The molecule has 0 aliphatic heterocycles. The van der Waals surface area contributed by atoms with Gasteiger partial charge in [-0.2, -0.15) is 0 Å². The van der Waals surface area contributed by atoms with E-state index in [1.807, 2.05) is 39.0 Å². The van der Waals surface area contributed by atoms with E-state index >= 15 is 0 Å². The van der Waals surface area contributed by atoms with Crippen molar-refractivity contribution in [2.75, 3.05) is 11.9 Å². The number of rotatable bonds is 7. The summed E-state index contributed by atoms with van der Waals surface area (Å²) in [5.41, 5.74) is 3.59. The third-order valence-electron chi connectivity index (χ3n) is 4.43. The van der Waals surface area contributed by atoms with Gasteiger partial charge in [-0.1, -0.05) is 30.3 Å². The Bertz CT molecular complexity index is 785. The first kappa shape index (κ1) is 20.6. The highest BCUT2D eigenvalue weighted by Crippen LogP contribution is 2.19. The second kappa shape index (κ2) is 9.28. The molecule has 0 fully saturated rings. The van der Waals surface area contributed by atoms with E-state index in [-0.39, 0.29) is 30.2 Å². The van der Waals surface area contributed by atoms with E-state index in [2.05, 4.69) is 16.0 Å². The number of hydrogen-bond donors (Lipinski definition) is 3. The van der Waals surface area contributed by atoms with Gasteiger partial charge in [0.2, 0.25) is 11.8 Å². The Hall–Kier alpha value is -2.73. The fraction of sp³-hybridized carbons (Fsp3) is 0.333. The Morgan fingerprint density at radius 3 is 2.19 bits per heavy atom. The molecule has 5 nitrogen and oxygen atoms in total. The van der Waals surface area contributed by atoms with Crippen molar-refractivity contribution in [2.45, 2.75) is 39.8 Å². The van der Waals surface area contributed by atoms with Gasteiger partial charge in [-0.25, -0.2) is 4.39 Å². The molecule has 6 heteroatoms. The highest BCUT2D eigenvalue weighted by molar-refractivity contribution is 5.96. The van der Waals surface area contributed by atoms with Crippen LogP contribution in [0.5, 0.6) is 0 Å². The van der Waals surface area contributed by atoms with Crippen molar-refractivity contribution in [2.24, 2.45) is 0 Å². The number of nitrogens with one attached hydrogen (secondary N) is 3. The summed E-state index contributed by atoms with van der Waals surface area (Å²) in [4.78, 5) is 24.4. The summed E-state index contributed by atoms with van der Waals surface area (Å²) in [6.45, 7) is 7.35. The van der Waals surface area contributed by atoms with E-state index in [1.54, 1.807) is 19.1 Å². The molecule has 2 rings (SSSR count). The second-order valence-electron chi connectivity index (χ2n) is 6.69. The molecule has 0 heterocycles. The zero-order valence-corrected chi connectivity index (χ0v) is 16.1. The zero-order chi connectivity index (χ0) is 20.0. The summed E-state index contributed by atoms with van der Waals surface area (Å²) in [6, 6.07) is 11.3. The van der Waals surface area contributed by atoms with Crippen LogP contribution in [0.25, 0.3) is 0 Å². The lowest BCUT2D eigenvalue weighted by molar-refractivity contribution is -0.125. The largest absolute Gasteiger partial charge is 0.346 e. The van der Waals surface area contributed by atoms with Gasteiger partial charge < -0.3 is 10.6 Å². The maximum Gasteiger partial charge on any atom is 0.243 e. The summed E-state index contributed by atoms with van der Waals surface area (Å²) in [5, 5.41) is 8.61. The number of carbonyl (C=O) groups excluding carboxylic acids is 2. The molecule has 3 N–H and O–H groups in total. The number of amides is 2. The molecule has 0 spiro atoms. The van der Waals surface area contributed by atoms with Gasteiger partial charge in [-0.05, 0) is 56.5 Å². The fourth-order valence-corrected chi connectivity index (χ4v) is 2.81. The van der Waals surface area contributed by atoms with E-state index in [9.17, 15) is 14.0 Å². The molecule has 144 valence electrons. The first-order valence-corrected chi connectivity index (χ1v) is 8.93. The number of para-hydroxylation sites is 1. The van der Waals surface area contributed by atoms with Crippen molar-refractivity contribution >= 4 is 17.5 Å². The van der Waals surface area contributed by atoms with Crippen LogP contribution in [0.2, 0.25) is 0 Å². The predicted octanol–water partition coefficient (Wildman–Crippen LogP) is 3.24. The van der Waals surface area contributed by atoms with Crippen molar-refractivity contribution in [3.63, 3.8) is 0 Å². The van der Waals surface area contributed by atoms with Gasteiger partial charge in [-0.15, -0.1) is 0 Å². The molecule has 2 amide bonds. The highest BCUT2D eigenvalue weighted by atomic mass is 19.1. The fourth-order valence-electron chi connectivity index (χ4n) is 2.81. The predicted molar refractivity (Wildman–Crippen MR) is 105 cm³/mol. The molecule has 0 aliphatic carbocycles. The van der Waals surface area contributed by atoms with Crippen LogP contribution in [-0.2, 0) is 9.59 Å². The van der Waals surface area contributed by atoms with Crippen LogP contribution in [0.15, 0.2) is 42.5 Å². The van der Waals surface area contributed by atoms with Crippen molar-refractivity contribution in [1.82, 2.24) is 10.6 Å². The van der Waals surface area contributed by atoms with Crippen LogP contribution in [-0.4, -0.2) is 24.4 Å². The number of hydrogen-bond acceptors (Lipinski definition) is 3. The smallest absolute Gasteiger partial charge is 0.243 e. The van der Waals surface area contributed by atoms with Crippen LogP contribution < -0.4 is 16.0 Å². The van der Waals surface area contributed by atoms with Crippen molar-refractivity contribution < 1.29 is 14.0 Å². The topological polar surface area (TPSA) is 70.2 Å². The Kier molecular flexibility index (Phi) is 7.07. The van der Waals surface area contributed by atoms with E-state index in [0.29, 0.717) is 0 Å². The zero-order valence-electron chi connectivity index (χ0n) is 16.1. The minimum atomic E-state index is -0.502. The number of benzene rings is 2. The van der Waals surface area contributed by atoms with Crippen LogP contribution in [0, 0.1) is 19.7 Å². The van der Waals surface area contributed by atoms with Gasteiger partial charge in [0, 0.05) is 11.7 Å². The Labute approximate surface area is 159 Å². The molecule has 2 aromatic carbocycles. The summed E-state index contributed by atoms with van der Waals surface area (Å²) in [6.07, 6.45) is 0. The number of anilines is 1. The van der Waals surface area contributed by atoms with E-state index in [4.69, 9.17) is 0 Å². The van der Waals surface area contributed by atoms with Gasteiger partial charge in [0.25, 0.3) is 0 Å². The minimum Gasteiger partial charge on any atom is -0.346 e. The number of carbonyl (C=O) groups is 2. The van der Waals surface area contributed by atoms with Gasteiger partial charge >= 0.3 is 0 Å². The highest BCUT2D eigenvalue weighted by Gasteiger charge is 2.17. The van der Waals surface area contributed by atoms with Crippen LogP contribution >= 0.6 is 0 Å². The SMILES string of the molecule is Cc1cccc(C)c1NC(=O)CNC(=O)[C@H](C)N[C@@H](C)c1ccc(F)cc1. The summed E-state index contributed by atoms with van der Waals surface area (Å²) < 4.78 is 13.0. The van der Waals surface area contributed by atoms with Gasteiger partial charge in [0.1, 0.15) is 5.82 Å². The Morgan fingerprint density at radius 2 is 1.59 bits per heavy atom. The van der Waals surface area contributed by atoms with Crippen molar-refractivity contribution in [1.29, 1.82) is 0 Å². The molecule has 0 saturated carbocycles. The van der Waals surface area contributed by atoms with Crippen molar-refractivity contribution in [3.8, 4) is 0 Å². The lowest BCUT2D eigenvalue weighted by atomic mass is 10.1. The lowest BCUT2D eigenvalue weighted by Gasteiger charge is -2.20. The Morgan fingerprint density at radius 1 is 1.00 bits per heavy atom. The summed E-state index contributed by atoms with van der Waals surface area (Å²) in [5.74, 6) is -0.855. The average Bonchev–Trinajstić information content (AvgIpc) is 2.63. The first-order valence-electron chi connectivity index (χ1n) is 8.93. The second-order valence-corrected chi connectivity index (χ2v) is 6.69. The summed E-state index contributed by atoms with van der Waals surface area (Å²) in [7, 11) is 0. The normalized spacial score (nSPS) is 12.9. The lowest BCUT2D eigenvalue weighted by Crippen LogP contribution is -2.45. The van der Waals surface area contributed by atoms with Crippen LogP contribution in [0.4, 0.5) is 10.1 Å². The summed E-state index contributed by atoms with van der Waals surface area (Å²) >= 11 is 0. The molecule has 0 saturated heterocycles. The molecule has 27 heavy (non-hydrogen) atoms. The number of aryl methyl sites for hydroxylation is 2. The van der Waals surface area contributed by atoms with Crippen LogP contribution in [0.3, 0.4) is 0 Å². The maximum absolute atomic E-state index is 13.0. The number of halogens is 1. The molecular weight excluding hydrogens is 345 g/mol.